The van der Waals surface area contributed by atoms with Gasteiger partial charge in [0.25, 0.3) is 0 Å². The van der Waals surface area contributed by atoms with Crippen molar-refractivity contribution in [2.24, 2.45) is 17.6 Å². The minimum atomic E-state index is 0.676. The normalized spacial score (nSPS) is 25.7. The molecule has 1 aliphatic rings. The van der Waals surface area contributed by atoms with Crippen molar-refractivity contribution in [1.29, 1.82) is 0 Å². The molecule has 0 saturated heterocycles. The fourth-order valence-corrected chi connectivity index (χ4v) is 3.19. The van der Waals surface area contributed by atoms with Gasteiger partial charge >= 0.3 is 0 Å². The van der Waals surface area contributed by atoms with Crippen molar-refractivity contribution in [2.45, 2.75) is 52.0 Å². The van der Waals surface area contributed by atoms with Crippen LogP contribution in [0.1, 0.15) is 46.0 Å². The van der Waals surface area contributed by atoms with Gasteiger partial charge in [-0.15, -0.1) is 0 Å². The van der Waals surface area contributed by atoms with E-state index in [1.807, 2.05) is 0 Å². The predicted octanol–water partition coefficient (Wildman–Crippen LogP) is 2.50. The Bertz CT molecular complexity index is 209. The Balaban J connectivity index is 2.65. The topological polar surface area (TPSA) is 38.5 Å². The molecule has 3 nitrogen and oxygen atoms in total. The first-order valence-corrected chi connectivity index (χ1v) is 7.62. The highest BCUT2D eigenvalue weighted by Crippen LogP contribution is 2.27. The summed E-state index contributed by atoms with van der Waals surface area (Å²) in [4.78, 5) is 2.64. The van der Waals surface area contributed by atoms with E-state index in [0.717, 1.165) is 19.7 Å². The summed E-state index contributed by atoms with van der Waals surface area (Å²) in [6.45, 7) is 8.50. The van der Waals surface area contributed by atoms with Crippen LogP contribution in [0.3, 0.4) is 0 Å². The van der Waals surface area contributed by atoms with E-state index in [4.69, 9.17) is 10.5 Å². The minimum Gasteiger partial charge on any atom is -0.383 e. The SMILES string of the molecule is COCCN(CC(C)C)C1CCCCCC1CN. The molecule has 0 aromatic carbocycles. The molecule has 2 unspecified atom stereocenters. The summed E-state index contributed by atoms with van der Waals surface area (Å²) >= 11 is 0. The van der Waals surface area contributed by atoms with Crippen LogP contribution >= 0.6 is 0 Å². The lowest BCUT2D eigenvalue weighted by atomic mass is 9.92. The number of hydrogen-bond donors (Lipinski definition) is 1. The quantitative estimate of drug-likeness (QED) is 0.711. The molecule has 1 fully saturated rings. The summed E-state index contributed by atoms with van der Waals surface area (Å²) in [7, 11) is 1.79. The Kier molecular flexibility index (Phi) is 7.87. The van der Waals surface area contributed by atoms with E-state index >= 15 is 0 Å². The molecule has 1 rings (SSSR count). The van der Waals surface area contributed by atoms with E-state index < -0.39 is 0 Å². The number of nitrogens with two attached hydrogens (primary N) is 1. The van der Waals surface area contributed by atoms with Crippen molar-refractivity contribution in [3.8, 4) is 0 Å². The smallest absolute Gasteiger partial charge is 0.0589 e. The first-order chi connectivity index (χ1) is 8.69. The number of nitrogens with zero attached hydrogens (tertiary/aromatic N) is 1. The molecular weight excluding hydrogens is 224 g/mol. The van der Waals surface area contributed by atoms with Gasteiger partial charge in [-0.2, -0.15) is 0 Å². The molecule has 0 spiro atoms. The van der Waals surface area contributed by atoms with Gasteiger partial charge in [0.2, 0.25) is 0 Å². The molecule has 1 saturated carbocycles. The largest absolute Gasteiger partial charge is 0.383 e. The molecule has 1 aliphatic carbocycles. The Morgan fingerprint density at radius 2 is 1.94 bits per heavy atom. The van der Waals surface area contributed by atoms with Gasteiger partial charge in [-0.05, 0) is 31.2 Å². The molecule has 0 aromatic rings. The van der Waals surface area contributed by atoms with Gasteiger partial charge < -0.3 is 10.5 Å². The maximum atomic E-state index is 6.00. The van der Waals surface area contributed by atoms with Crippen LogP contribution < -0.4 is 5.73 Å². The van der Waals surface area contributed by atoms with Crippen molar-refractivity contribution >= 4 is 0 Å². The lowest BCUT2D eigenvalue weighted by molar-refractivity contribution is 0.0807. The van der Waals surface area contributed by atoms with Crippen molar-refractivity contribution in [3.63, 3.8) is 0 Å². The third-order valence-electron chi connectivity index (χ3n) is 4.07. The van der Waals surface area contributed by atoms with E-state index in [1.165, 1.54) is 38.6 Å². The van der Waals surface area contributed by atoms with Crippen LogP contribution in [-0.2, 0) is 4.74 Å². The zero-order chi connectivity index (χ0) is 13.4. The van der Waals surface area contributed by atoms with Gasteiger partial charge in [0.1, 0.15) is 0 Å². The molecule has 0 aromatic heterocycles. The van der Waals surface area contributed by atoms with Gasteiger partial charge in [-0.1, -0.05) is 33.1 Å². The average molecular weight is 256 g/mol. The maximum absolute atomic E-state index is 6.00. The molecule has 2 N–H and O–H groups in total. The van der Waals surface area contributed by atoms with Crippen molar-refractivity contribution in [1.82, 2.24) is 4.90 Å². The predicted molar refractivity (Wildman–Crippen MR) is 77.7 cm³/mol. The molecule has 0 aliphatic heterocycles. The van der Waals surface area contributed by atoms with Gasteiger partial charge in [0.15, 0.2) is 0 Å². The van der Waals surface area contributed by atoms with Crippen LogP contribution in [0.15, 0.2) is 0 Å². The fourth-order valence-electron chi connectivity index (χ4n) is 3.19. The zero-order valence-electron chi connectivity index (χ0n) is 12.5. The third kappa shape index (κ3) is 5.25. The van der Waals surface area contributed by atoms with Gasteiger partial charge in [0.05, 0.1) is 6.61 Å². The molecular formula is C15H32N2O. The van der Waals surface area contributed by atoms with E-state index in [9.17, 15) is 0 Å². The number of ether oxygens (including phenoxy) is 1. The van der Waals surface area contributed by atoms with Crippen LogP contribution in [-0.4, -0.2) is 44.3 Å². The van der Waals surface area contributed by atoms with E-state index in [1.54, 1.807) is 7.11 Å². The number of hydrogen-bond acceptors (Lipinski definition) is 3. The molecule has 0 radical (unpaired) electrons. The minimum absolute atomic E-state index is 0.676. The Morgan fingerprint density at radius 1 is 1.22 bits per heavy atom. The summed E-state index contributed by atoms with van der Waals surface area (Å²) < 4.78 is 5.27. The lowest BCUT2D eigenvalue weighted by Gasteiger charge is -2.37. The monoisotopic (exact) mass is 256 g/mol. The maximum Gasteiger partial charge on any atom is 0.0589 e. The average Bonchev–Trinajstić information content (AvgIpc) is 2.58. The van der Waals surface area contributed by atoms with Crippen molar-refractivity contribution in [2.75, 3.05) is 33.4 Å². The fraction of sp³-hybridized carbons (Fsp3) is 1.00. The number of methoxy groups -OCH3 is 1. The summed E-state index contributed by atoms with van der Waals surface area (Å²) in [6, 6.07) is 0.676. The molecule has 18 heavy (non-hydrogen) atoms. The Hall–Kier alpha value is -0.120. The highest BCUT2D eigenvalue weighted by Gasteiger charge is 2.28. The van der Waals surface area contributed by atoms with Crippen LogP contribution in [0.2, 0.25) is 0 Å². The van der Waals surface area contributed by atoms with E-state index in [2.05, 4.69) is 18.7 Å². The molecule has 0 heterocycles. The summed E-state index contributed by atoms with van der Waals surface area (Å²) in [5.74, 6) is 1.40. The van der Waals surface area contributed by atoms with Crippen LogP contribution in [0.5, 0.6) is 0 Å². The van der Waals surface area contributed by atoms with Crippen LogP contribution in [0.25, 0.3) is 0 Å². The Labute approximate surface area is 113 Å². The van der Waals surface area contributed by atoms with Gasteiger partial charge in [-0.3, -0.25) is 4.90 Å². The van der Waals surface area contributed by atoms with E-state index in [0.29, 0.717) is 17.9 Å². The van der Waals surface area contributed by atoms with Crippen molar-refractivity contribution < 1.29 is 4.74 Å². The molecule has 0 bridgehead atoms. The first-order valence-electron chi connectivity index (χ1n) is 7.62. The zero-order valence-corrected chi connectivity index (χ0v) is 12.5. The molecule has 0 amide bonds. The molecule has 3 heteroatoms. The second-order valence-corrected chi connectivity index (χ2v) is 6.08. The van der Waals surface area contributed by atoms with Crippen molar-refractivity contribution in [3.05, 3.63) is 0 Å². The summed E-state index contributed by atoms with van der Waals surface area (Å²) in [5.41, 5.74) is 6.00. The van der Waals surface area contributed by atoms with E-state index in [-0.39, 0.29) is 0 Å². The number of rotatable bonds is 7. The lowest BCUT2D eigenvalue weighted by Crippen LogP contribution is -2.46. The summed E-state index contributed by atoms with van der Waals surface area (Å²) in [6.07, 6.45) is 6.73. The highest BCUT2D eigenvalue weighted by molar-refractivity contribution is 4.83. The molecule has 108 valence electrons. The third-order valence-corrected chi connectivity index (χ3v) is 4.07. The second kappa shape index (κ2) is 8.89. The Morgan fingerprint density at radius 3 is 2.56 bits per heavy atom. The van der Waals surface area contributed by atoms with Crippen LogP contribution in [0.4, 0.5) is 0 Å². The van der Waals surface area contributed by atoms with Gasteiger partial charge in [0, 0.05) is 26.2 Å². The second-order valence-electron chi connectivity index (χ2n) is 6.08. The highest BCUT2D eigenvalue weighted by atomic mass is 16.5. The van der Waals surface area contributed by atoms with Crippen LogP contribution in [0, 0.1) is 11.8 Å². The van der Waals surface area contributed by atoms with Gasteiger partial charge in [-0.25, -0.2) is 0 Å². The standard InChI is InChI=1S/C15H32N2O/c1-13(2)12-17(9-10-18-3)15-8-6-4-5-7-14(15)11-16/h13-15H,4-12,16H2,1-3H3. The first kappa shape index (κ1) is 15.9. The molecule has 2 atom stereocenters. The summed E-state index contributed by atoms with van der Waals surface area (Å²) in [5, 5.41) is 0.